The first-order chi connectivity index (χ1) is 10.3. The lowest BCUT2D eigenvalue weighted by Crippen LogP contribution is -2.45. The predicted molar refractivity (Wildman–Crippen MR) is 84.3 cm³/mol. The summed E-state index contributed by atoms with van der Waals surface area (Å²) in [5, 5.41) is 3.38. The number of halogens is 1. The highest BCUT2D eigenvalue weighted by Gasteiger charge is 2.22. The fraction of sp³-hybridized carbons (Fsp3) is 0.647. The topological polar surface area (TPSA) is 24.5 Å². The van der Waals surface area contributed by atoms with Gasteiger partial charge in [0, 0.05) is 32.2 Å². The van der Waals surface area contributed by atoms with Crippen molar-refractivity contribution in [3.63, 3.8) is 0 Å². The highest BCUT2D eigenvalue weighted by atomic mass is 19.1. The Morgan fingerprint density at radius 3 is 2.67 bits per heavy atom. The molecule has 1 fully saturated rings. The summed E-state index contributed by atoms with van der Waals surface area (Å²) >= 11 is 0. The van der Waals surface area contributed by atoms with Crippen molar-refractivity contribution in [3.8, 4) is 5.75 Å². The Hall–Kier alpha value is -1.13. The van der Waals surface area contributed by atoms with Crippen molar-refractivity contribution in [2.75, 3.05) is 33.3 Å². The van der Waals surface area contributed by atoms with E-state index in [1.165, 1.54) is 26.4 Å². The summed E-state index contributed by atoms with van der Waals surface area (Å²) in [6, 6.07) is 5.73. The largest absolute Gasteiger partial charge is 0.494 e. The normalized spacial score (nSPS) is 17.7. The van der Waals surface area contributed by atoms with Gasteiger partial charge in [0.2, 0.25) is 0 Å². The van der Waals surface area contributed by atoms with Crippen LogP contribution in [0.5, 0.6) is 5.75 Å². The molecule has 1 saturated heterocycles. The zero-order valence-corrected chi connectivity index (χ0v) is 13.2. The second kappa shape index (κ2) is 8.35. The average molecular weight is 294 g/mol. The van der Waals surface area contributed by atoms with Gasteiger partial charge in [-0.2, -0.15) is 0 Å². The zero-order chi connectivity index (χ0) is 15.1. The molecule has 1 aromatic carbocycles. The van der Waals surface area contributed by atoms with Crippen molar-refractivity contribution < 1.29 is 9.13 Å². The third kappa shape index (κ3) is 4.42. The molecule has 1 aliphatic heterocycles. The van der Waals surface area contributed by atoms with Gasteiger partial charge in [-0.3, -0.25) is 4.90 Å². The number of rotatable bonds is 7. The van der Waals surface area contributed by atoms with Crippen LogP contribution in [0, 0.1) is 5.82 Å². The van der Waals surface area contributed by atoms with Crippen molar-refractivity contribution in [1.82, 2.24) is 10.2 Å². The summed E-state index contributed by atoms with van der Waals surface area (Å²) < 4.78 is 19.0. The third-order valence-electron chi connectivity index (χ3n) is 4.23. The van der Waals surface area contributed by atoms with Crippen LogP contribution in [0.1, 0.15) is 44.2 Å². The van der Waals surface area contributed by atoms with E-state index in [9.17, 15) is 4.39 Å². The predicted octanol–water partition coefficient (Wildman–Crippen LogP) is 3.36. The first-order valence-electron chi connectivity index (χ1n) is 8.04. The molecule has 3 nitrogen and oxygen atoms in total. The summed E-state index contributed by atoms with van der Waals surface area (Å²) in [5.41, 5.74) is 1.08. The van der Waals surface area contributed by atoms with Gasteiger partial charge in [-0.1, -0.05) is 32.3 Å². The van der Waals surface area contributed by atoms with Gasteiger partial charge in [0.05, 0.1) is 7.11 Å². The molecule has 1 N–H and O–H groups in total. The number of hydrogen-bond acceptors (Lipinski definition) is 3. The van der Waals surface area contributed by atoms with Gasteiger partial charge in [-0.15, -0.1) is 0 Å². The quantitative estimate of drug-likeness (QED) is 0.780. The van der Waals surface area contributed by atoms with E-state index >= 15 is 0 Å². The molecule has 1 aliphatic rings. The van der Waals surface area contributed by atoms with E-state index in [1.807, 2.05) is 6.07 Å². The Morgan fingerprint density at radius 2 is 2.05 bits per heavy atom. The fourth-order valence-corrected chi connectivity index (χ4v) is 3.03. The summed E-state index contributed by atoms with van der Waals surface area (Å²) in [5.74, 6) is 0.0667. The maximum absolute atomic E-state index is 14.0. The Balaban J connectivity index is 2.14. The SMILES string of the molecule is CCCCC[C@H](c1ccc(OC)c(F)c1)N1CCNCC1. The van der Waals surface area contributed by atoms with Crippen LogP contribution < -0.4 is 10.1 Å². The van der Waals surface area contributed by atoms with Crippen LogP contribution in [-0.2, 0) is 0 Å². The molecule has 0 spiro atoms. The molecule has 1 aromatic rings. The van der Waals surface area contributed by atoms with E-state index in [0.29, 0.717) is 11.8 Å². The van der Waals surface area contributed by atoms with E-state index in [2.05, 4.69) is 17.1 Å². The number of methoxy groups -OCH3 is 1. The lowest BCUT2D eigenvalue weighted by Gasteiger charge is -2.35. The van der Waals surface area contributed by atoms with E-state index < -0.39 is 0 Å². The summed E-state index contributed by atoms with van der Waals surface area (Å²) in [7, 11) is 1.51. The van der Waals surface area contributed by atoms with Gasteiger partial charge in [0.15, 0.2) is 11.6 Å². The first kappa shape index (κ1) is 16.2. The molecule has 4 heteroatoms. The number of unbranched alkanes of at least 4 members (excludes halogenated alkanes) is 2. The fourth-order valence-electron chi connectivity index (χ4n) is 3.03. The van der Waals surface area contributed by atoms with Crippen molar-refractivity contribution in [3.05, 3.63) is 29.6 Å². The molecule has 118 valence electrons. The molecule has 0 radical (unpaired) electrons. The number of hydrogen-bond donors (Lipinski definition) is 1. The summed E-state index contributed by atoms with van der Waals surface area (Å²) in [4.78, 5) is 2.48. The van der Waals surface area contributed by atoms with Crippen molar-refractivity contribution >= 4 is 0 Å². The van der Waals surface area contributed by atoms with Crippen LogP contribution in [0.15, 0.2) is 18.2 Å². The lowest BCUT2D eigenvalue weighted by molar-refractivity contribution is 0.162. The Labute approximate surface area is 127 Å². The molecule has 1 atom stereocenters. The van der Waals surface area contributed by atoms with Gasteiger partial charge in [0.25, 0.3) is 0 Å². The van der Waals surface area contributed by atoms with Crippen molar-refractivity contribution in [2.24, 2.45) is 0 Å². The van der Waals surface area contributed by atoms with Crippen molar-refractivity contribution in [1.29, 1.82) is 0 Å². The highest BCUT2D eigenvalue weighted by molar-refractivity contribution is 5.31. The van der Waals surface area contributed by atoms with Crippen LogP contribution in [0.25, 0.3) is 0 Å². The standard InChI is InChI=1S/C17H27FN2O/c1-3-4-5-6-16(20-11-9-19-10-12-20)14-7-8-17(21-2)15(18)13-14/h7-8,13,16,19H,3-6,9-12H2,1-2H3/t16-/m1/s1. The molecule has 0 bridgehead atoms. The maximum atomic E-state index is 14.0. The smallest absolute Gasteiger partial charge is 0.165 e. The van der Waals surface area contributed by atoms with Gasteiger partial charge in [-0.25, -0.2) is 4.39 Å². The molecule has 21 heavy (non-hydrogen) atoms. The van der Waals surface area contributed by atoms with E-state index in [-0.39, 0.29) is 5.82 Å². The number of nitrogens with one attached hydrogen (secondary N) is 1. The Bertz CT molecular complexity index is 433. The van der Waals surface area contributed by atoms with E-state index in [0.717, 1.165) is 38.2 Å². The maximum Gasteiger partial charge on any atom is 0.165 e. The molecule has 0 aromatic heterocycles. The molecule has 0 amide bonds. The monoisotopic (exact) mass is 294 g/mol. The molecule has 0 aliphatic carbocycles. The summed E-state index contributed by atoms with van der Waals surface area (Å²) in [6.45, 7) is 6.31. The minimum absolute atomic E-state index is 0.259. The Morgan fingerprint density at radius 1 is 1.29 bits per heavy atom. The van der Waals surface area contributed by atoms with Crippen LogP contribution in [0.4, 0.5) is 4.39 Å². The number of nitrogens with zero attached hydrogens (tertiary/aromatic N) is 1. The van der Waals surface area contributed by atoms with E-state index in [4.69, 9.17) is 4.74 Å². The number of ether oxygens (including phenoxy) is 1. The highest BCUT2D eigenvalue weighted by Crippen LogP contribution is 2.30. The molecule has 0 saturated carbocycles. The van der Waals surface area contributed by atoms with Gasteiger partial charge < -0.3 is 10.1 Å². The molecular formula is C17H27FN2O. The minimum Gasteiger partial charge on any atom is -0.494 e. The molecule has 2 rings (SSSR count). The van der Waals surface area contributed by atoms with Crippen LogP contribution >= 0.6 is 0 Å². The molecule has 1 heterocycles. The van der Waals surface area contributed by atoms with Crippen molar-refractivity contribution in [2.45, 2.75) is 38.6 Å². The zero-order valence-electron chi connectivity index (χ0n) is 13.2. The number of piperazine rings is 1. The van der Waals surface area contributed by atoms with Crippen LogP contribution in [0.3, 0.4) is 0 Å². The second-order valence-electron chi connectivity index (χ2n) is 5.69. The number of benzene rings is 1. The van der Waals surface area contributed by atoms with Gasteiger partial charge in [-0.05, 0) is 24.1 Å². The molecule has 0 unspecified atom stereocenters. The molecular weight excluding hydrogens is 267 g/mol. The third-order valence-corrected chi connectivity index (χ3v) is 4.23. The average Bonchev–Trinajstić information content (AvgIpc) is 2.52. The lowest BCUT2D eigenvalue weighted by atomic mass is 9.98. The Kier molecular flexibility index (Phi) is 6.46. The summed E-state index contributed by atoms with van der Waals surface area (Å²) in [6.07, 6.45) is 4.74. The van der Waals surface area contributed by atoms with E-state index in [1.54, 1.807) is 12.1 Å². The minimum atomic E-state index is -0.259. The van der Waals surface area contributed by atoms with Crippen LogP contribution in [-0.4, -0.2) is 38.2 Å². The second-order valence-corrected chi connectivity index (χ2v) is 5.69. The first-order valence-corrected chi connectivity index (χ1v) is 8.04. The van der Waals surface area contributed by atoms with Gasteiger partial charge in [0.1, 0.15) is 0 Å². The van der Waals surface area contributed by atoms with Crippen LogP contribution in [0.2, 0.25) is 0 Å². The van der Waals surface area contributed by atoms with Gasteiger partial charge >= 0.3 is 0 Å².